The number of carbonyl (C=O) groups excluding carboxylic acids is 1. The first kappa shape index (κ1) is 20.0. The number of carbonyl (C=O) groups is 1. The van der Waals surface area contributed by atoms with E-state index in [0.29, 0.717) is 5.89 Å². The lowest BCUT2D eigenvalue weighted by molar-refractivity contribution is -0.119. The summed E-state index contributed by atoms with van der Waals surface area (Å²) >= 11 is 1.09. The Hall–Kier alpha value is -2.74. The van der Waals surface area contributed by atoms with E-state index in [1.54, 1.807) is 6.92 Å². The predicted octanol–water partition coefficient (Wildman–Crippen LogP) is 4.60. The number of rotatable bonds is 6. The topological polar surface area (TPSA) is 68.0 Å². The van der Waals surface area contributed by atoms with Gasteiger partial charge in [-0.15, -0.1) is 10.2 Å². The minimum atomic E-state index is -0.699. The van der Waals surface area contributed by atoms with Gasteiger partial charge in [0, 0.05) is 17.2 Å². The van der Waals surface area contributed by atoms with Gasteiger partial charge in [-0.05, 0) is 50.1 Å². The Bertz CT molecular complexity index is 1010. The van der Waals surface area contributed by atoms with Crippen LogP contribution in [0.4, 0.5) is 8.78 Å². The molecule has 1 aromatic heterocycles. The van der Waals surface area contributed by atoms with Crippen LogP contribution < -0.4 is 5.32 Å². The maximum atomic E-state index is 13.8. The van der Waals surface area contributed by atoms with Crippen LogP contribution in [-0.2, 0) is 4.79 Å². The zero-order valence-electron chi connectivity index (χ0n) is 15.6. The van der Waals surface area contributed by atoms with Crippen molar-refractivity contribution in [2.24, 2.45) is 0 Å². The van der Waals surface area contributed by atoms with E-state index in [4.69, 9.17) is 4.42 Å². The second-order valence-electron chi connectivity index (χ2n) is 6.42. The van der Waals surface area contributed by atoms with Crippen LogP contribution in [0.3, 0.4) is 0 Å². The predicted molar refractivity (Wildman–Crippen MR) is 103 cm³/mol. The van der Waals surface area contributed by atoms with Gasteiger partial charge in [-0.3, -0.25) is 4.79 Å². The zero-order chi connectivity index (χ0) is 20.3. The van der Waals surface area contributed by atoms with E-state index in [1.165, 1.54) is 11.6 Å². The van der Waals surface area contributed by atoms with Crippen molar-refractivity contribution in [3.63, 3.8) is 0 Å². The fraction of sp³-hybridized carbons (Fsp3) is 0.250. The van der Waals surface area contributed by atoms with Gasteiger partial charge in [0.25, 0.3) is 5.22 Å². The molecule has 1 atom stereocenters. The molecule has 0 aliphatic rings. The number of aryl methyl sites for hydroxylation is 2. The number of halogens is 2. The van der Waals surface area contributed by atoms with Crippen LogP contribution in [0.15, 0.2) is 46.0 Å². The van der Waals surface area contributed by atoms with E-state index in [2.05, 4.69) is 15.5 Å². The SMILES string of the molecule is Cc1ccc(-c2nnc(SCC(=O)N[C@@H](C)c3ccc(F)cc3F)o2)cc1C. The van der Waals surface area contributed by atoms with Crippen molar-refractivity contribution >= 4 is 17.7 Å². The second-order valence-corrected chi connectivity index (χ2v) is 7.34. The lowest BCUT2D eigenvalue weighted by Crippen LogP contribution is -2.28. The quantitative estimate of drug-likeness (QED) is 0.609. The van der Waals surface area contributed by atoms with Crippen LogP contribution in [-0.4, -0.2) is 21.9 Å². The summed E-state index contributed by atoms with van der Waals surface area (Å²) in [5.41, 5.74) is 3.31. The molecule has 0 bridgehead atoms. The maximum Gasteiger partial charge on any atom is 0.277 e. The Balaban J connectivity index is 1.57. The normalized spacial score (nSPS) is 12.0. The van der Waals surface area contributed by atoms with Crippen LogP contribution in [0.25, 0.3) is 11.5 Å². The Morgan fingerprint density at radius 3 is 2.64 bits per heavy atom. The molecule has 0 saturated carbocycles. The van der Waals surface area contributed by atoms with Crippen LogP contribution >= 0.6 is 11.8 Å². The molecule has 2 aromatic carbocycles. The molecule has 0 fully saturated rings. The van der Waals surface area contributed by atoms with Gasteiger partial charge in [0.05, 0.1) is 11.8 Å². The summed E-state index contributed by atoms with van der Waals surface area (Å²) in [6.07, 6.45) is 0. The van der Waals surface area contributed by atoms with Gasteiger partial charge in [-0.2, -0.15) is 0 Å². The Labute approximate surface area is 165 Å². The van der Waals surface area contributed by atoms with E-state index in [0.717, 1.165) is 35.0 Å². The molecule has 3 aromatic rings. The lowest BCUT2D eigenvalue weighted by atomic mass is 10.1. The number of nitrogens with zero attached hydrogens (tertiary/aromatic N) is 2. The average molecular weight is 403 g/mol. The van der Waals surface area contributed by atoms with Crippen molar-refractivity contribution in [1.82, 2.24) is 15.5 Å². The highest BCUT2D eigenvalue weighted by Gasteiger charge is 2.16. The molecule has 28 heavy (non-hydrogen) atoms. The van der Waals surface area contributed by atoms with Gasteiger partial charge in [-0.25, -0.2) is 8.78 Å². The minimum absolute atomic E-state index is 0.0295. The first-order chi connectivity index (χ1) is 13.3. The molecule has 0 spiro atoms. The van der Waals surface area contributed by atoms with Crippen LogP contribution in [0.1, 0.15) is 29.7 Å². The summed E-state index contributed by atoms with van der Waals surface area (Å²) in [5.74, 6) is -1.27. The van der Waals surface area contributed by atoms with Crippen molar-refractivity contribution in [1.29, 1.82) is 0 Å². The third-order valence-corrected chi connectivity index (χ3v) is 5.11. The Kier molecular flexibility index (Phi) is 6.08. The van der Waals surface area contributed by atoms with Gasteiger partial charge in [0.2, 0.25) is 11.8 Å². The van der Waals surface area contributed by atoms with Crippen molar-refractivity contribution < 1.29 is 18.0 Å². The lowest BCUT2D eigenvalue weighted by Gasteiger charge is -2.14. The summed E-state index contributed by atoms with van der Waals surface area (Å²) in [7, 11) is 0. The number of hydrogen-bond donors (Lipinski definition) is 1. The number of amides is 1. The van der Waals surface area contributed by atoms with Crippen LogP contribution in [0.5, 0.6) is 0 Å². The molecule has 146 valence electrons. The van der Waals surface area contributed by atoms with E-state index in [-0.39, 0.29) is 22.4 Å². The van der Waals surface area contributed by atoms with E-state index in [1.807, 2.05) is 32.0 Å². The monoisotopic (exact) mass is 403 g/mol. The summed E-state index contributed by atoms with van der Waals surface area (Å²) in [6.45, 7) is 5.65. The molecular formula is C20H19F2N3O2S. The highest BCUT2D eigenvalue weighted by Crippen LogP contribution is 2.25. The molecular weight excluding hydrogens is 384 g/mol. The number of benzene rings is 2. The first-order valence-corrected chi connectivity index (χ1v) is 9.60. The summed E-state index contributed by atoms with van der Waals surface area (Å²) in [5, 5.41) is 10.9. The fourth-order valence-electron chi connectivity index (χ4n) is 2.60. The Morgan fingerprint density at radius 2 is 1.93 bits per heavy atom. The van der Waals surface area contributed by atoms with Crippen LogP contribution in [0, 0.1) is 25.5 Å². The summed E-state index contributed by atoms with van der Waals surface area (Å²) < 4.78 is 32.4. The van der Waals surface area contributed by atoms with E-state index >= 15 is 0 Å². The summed E-state index contributed by atoms with van der Waals surface area (Å²) in [4.78, 5) is 12.1. The maximum absolute atomic E-state index is 13.8. The van der Waals surface area contributed by atoms with Gasteiger partial charge in [0.1, 0.15) is 11.6 Å². The highest BCUT2D eigenvalue weighted by atomic mass is 32.2. The minimum Gasteiger partial charge on any atom is -0.411 e. The van der Waals surface area contributed by atoms with E-state index < -0.39 is 17.7 Å². The molecule has 1 N–H and O–H groups in total. The molecule has 0 saturated heterocycles. The molecule has 0 aliphatic carbocycles. The molecule has 5 nitrogen and oxygen atoms in total. The molecule has 1 heterocycles. The van der Waals surface area contributed by atoms with Gasteiger partial charge < -0.3 is 9.73 Å². The Morgan fingerprint density at radius 1 is 1.14 bits per heavy atom. The number of nitrogens with one attached hydrogen (secondary N) is 1. The molecule has 0 aliphatic heterocycles. The van der Waals surface area contributed by atoms with Gasteiger partial charge in [0.15, 0.2) is 0 Å². The fourth-order valence-corrected chi connectivity index (χ4v) is 3.17. The largest absolute Gasteiger partial charge is 0.411 e. The van der Waals surface area contributed by atoms with Gasteiger partial charge in [-0.1, -0.05) is 23.9 Å². The molecule has 0 radical (unpaired) electrons. The standard InChI is InChI=1S/C20H19F2N3O2S/c1-11-4-5-14(8-12(11)2)19-24-25-20(27-19)28-10-18(26)23-13(3)16-7-6-15(21)9-17(16)22/h4-9,13H,10H2,1-3H3,(H,23,26)/t13-/m0/s1. The smallest absolute Gasteiger partial charge is 0.277 e. The van der Waals surface area contributed by atoms with Crippen molar-refractivity contribution in [2.75, 3.05) is 5.75 Å². The molecule has 3 rings (SSSR count). The zero-order valence-corrected chi connectivity index (χ0v) is 16.4. The van der Waals surface area contributed by atoms with Gasteiger partial charge >= 0.3 is 0 Å². The first-order valence-electron chi connectivity index (χ1n) is 8.61. The number of thioether (sulfide) groups is 1. The van der Waals surface area contributed by atoms with Crippen molar-refractivity contribution in [2.45, 2.75) is 32.0 Å². The third-order valence-electron chi connectivity index (χ3n) is 4.29. The number of hydrogen-bond acceptors (Lipinski definition) is 5. The van der Waals surface area contributed by atoms with Crippen molar-refractivity contribution in [3.8, 4) is 11.5 Å². The molecule has 0 unspecified atom stereocenters. The number of aromatic nitrogens is 2. The van der Waals surface area contributed by atoms with Crippen molar-refractivity contribution in [3.05, 3.63) is 64.7 Å². The molecule has 8 heteroatoms. The van der Waals surface area contributed by atoms with Crippen LogP contribution in [0.2, 0.25) is 0 Å². The van der Waals surface area contributed by atoms with E-state index in [9.17, 15) is 13.6 Å². The average Bonchev–Trinajstić information content (AvgIpc) is 3.11. The summed E-state index contributed by atoms with van der Waals surface area (Å²) in [6, 6.07) is 8.50. The third kappa shape index (κ3) is 4.75. The second kappa shape index (κ2) is 8.52. The molecule has 1 amide bonds. The highest BCUT2D eigenvalue weighted by molar-refractivity contribution is 7.99.